The van der Waals surface area contributed by atoms with Crippen molar-refractivity contribution in [2.45, 2.75) is 40.7 Å². The van der Waals surface area contributed by atoms with E-state index >= 15 is 0 Å². The molecule has 0 fully saturated rings. The van der Waals surface area contributed by atoms with Crippen LogP contribution in [0.25, 0.3) is 0 Å². The number of nitrogens with zero attached hydrogens (tertiary/aromatic N) is 2. The molecule has 0 atom stereocenters. The van der Waals surface area contributed by atoms with Crippen molar-refractivity contribution in [3.63, 3.8) is 0 Å². The van der Waals surface area contributed by atoms with Gasteiger partial charge in [-0.2, -0.15) is 5.10 Å². The quantitative estimate of drug-likeness (QED) is 0.854. The van der Waals surface area contributed by atoms with Crippen molar-refractivity contribution in [2.75, 3.05) is 5.73 Å². The molecule has 0 radical (unpaired) electrons. The molecule has 0 amide bonds. The molecule has 1 aromatic heterocycles. The van der Waals surface area contributed by atoms with Crippen molar-refractivity contribution >= 4 is 28.4 Å². The molecule has 0 saturated carbocycles. The minimum Gasteiger partial charge on any atom is -0.383 e. The molecule has 0 saturated heterocycles. The van der Waals surface area contributed by atoms with Gasteiger partial charge in [-0.15, -0.1) is 0 Å². The van der Waals surface area contributed by atoms with Crippen molar-refractivity contribution in [1.29, 1.82) is 0 Å². The first-order valence-corrected chi connectivity index (χ1v) is 5.93. The normalized spacial score (nSPS) is 12.1. The van der Waals surface area contributed by atoms with Crippen LogP contribution in [0.1, 0.15) is 33.4 Å². The van der Waals surface area contributed by atoms with Gasteiger partial charge in [0.2, 0.25) is 0 Å². The molecule has 0 unspecified atom stereocenters. The molecule has 0 bridgehead atoms. The lowest BCUT2D eigenvalue weighted by Crippen LogP contribution is -2.10. The largest absolute Gasteiger partial charge is 0.383 e. The first kappa shape index (κ1) is 11.8. The van der Waals surface area contributed by atoms with Crippen LogP contribution in [0.3, 0.4) is 0 Å². The number of hydrogen-bond acceptors (Lipinski definition) is 2. The summed E-state index contributed by atoms with van der Waals surface area (Å²) in [5.41, 5.74) is 7.31. The van der Waals surface area contributed by atoms with Crippen molar-refractivity contribution < 1.29 is 0 Å². The number of nitrogens with two attached hydrogens (primary N) is 1. The standard InChI is InChI=1S/C10H18IN3/c1-5-14-9(12)8(11)7(13-14)6-10(2,3)4/h5-6,12H2,1-4H3. The Balaban J connectivity index is 2.99. The fourth-order valence-electron chi connectivity index (χ4n) is 1.36. The number of halogens is 1. The van der Waals surface area contributed by atoms with Crippen LogP contribution in [0.15, 0.2) is 0 Å². The maximum atomic E-state index is 5.93. The van der Waals surface area contributed by atoms with Crippen molar-refractivity contribution in [1.82, 2.24) is 9.78 Å². The lowest BCUT2D eigenvalue weighted by molar-refractivity contribution is 0.403. The topological polar surface area (TPSA) is 43.8 Å². The van der Waals surface area contributed by atoms with Crippen LogP contribution in [0.2, 0.25) is 0 Å². The molecule has 0 aliphatic carbocycles. The molecule has 4 heteroatoms. The molecular weight excluding hydrogens is 289 g/mol. The second-order valence-corrected chi connectivity index (χ2v) is 5.78. The Morgan fingerprint density at radius 1 is 1.43 bits per heavy atom. The van der Waals surface area contributed by atoms with Crippen LogP contribution in [-0.4, -0.2) is 9.78 Å². The van der Waals surface area contributed by atoms with Crippen LogP contribution < -0.4 is 5.73 Å². The van der Waals surface area contributed by atoms with E-state index in [1.165, 1.54) is 0 Å². The van der Waals surface area contributed by atoms with E-state index in [1.54, 1.807) is 0 Å². The zero-order valence-corrected chi connectivity index (χ0v) is 11.4. The summed E-state index contributed by atoms with van der Waals surface area (Å²) >= 11 is 2.28. The van der Waals surface area contributed by atoms with Gasteiger partial charge in [0, 0.05) is 6.54 Å². The van der Waals surface area contributed by atoms with Gasteiger partial charge in [0.15, 0.2) is 0 Å². The Hall–Kier alpha value is -0.260. The van der Waals surface area contributed by atoms with Crippen LogP contribution in [0.4, 0.5) is 5.82 Å². The highest BCUT2D eigenvalue weighted by Crippen LogP contribution is 2.26. The predicted octanol–water partition coefficient (Wildman–Crippen LogP) is 2.68. The number of aryl methyl sites for hydroxylation is 1. The van der Waals surface area contributed by atoms with E-state index in [9.17, 15) is 0 Å². The third kappa shape index (κ3) is 2.62. The maximum absolute atomic E-state index is 5.93. The Kier molecular flexibility index (Phi) is 3.44. The third-order valence-electron chi connectivity index (χ3n) is 2.00. The molecule has 3 nitrogen and oxygen atoms in total. The highest BCUT2D eigenvalue weighted by molar-refractivity contribution is 14.1. The summed E-state index contributed by atoms with van der Waals surface area (Å²) < 4.78 is 2.97. The Labute approximate surface area is 99.2 Å². The van der Waals surface area contributed by atoms with Crippen LogP contribution in [-0.2, 0) is 13.0 Å². The molecule has 80 valence electrons. The molecular formula is C10H18IN3. The third-order valence-corrected chi connectivity index (χ3v) is 3.17. The highest BCUT2D eigenvalue weighted by atomic mass is 127. The summed E-state index contributed by atoms with van der Waals surface area (Å²) in [6.45, 7) is 9.53. The number of nitrogen functional groups attached to an aromatic ring is 1. The summed E-state index contributed by atoms with van der Waals surface area (Å²) in [5.74, 6) is 0.798. The molecule has 0 spiro atoms. The van der Waals surface area contributed by atoms with E-state index in [-0.39, 0.29) is 5.41 Å². The second-order valence-electron chi connectivity index (χ2n) is 4.70. The van der Waals surface area contributed by atoms with Crippen molar-refractivity contribution in [3.05, 3.63) is 9.26 Å². The van der Waals surface area contributed by atoms with Gasteiger partial charge in [0.1, 0.15) is 5.82 Å². The lowest BCUT2D eigenvalue weighted by atomic mass is 9.91. The zero-order chi connectivity index (χ0) is 10.9. The average molecular weight is 307 g/mol. The Bertz CT molecular complexity index is 323. The summed E-state index contributed by atoms with van der Waals surface area (Å²) in [6.07, 6.45) is 0.975. The number of hydrogen-bond donors (Lipinski definition) is 1. The van der Waals surface area contributed by atoms with Crippen molar-refractivity contribution in [2.24, 2.45) is 5.41 Å². The van der Waals surface area contributed by atoms with E-state index in [0.717, 1.165) is 28.0 Å². The van der Waals surface area contributed by atoms with Gasteiger partial charge in [-0.05, 0) is 41.4 Å². The number of anilines is 1. The van der Waals surface area contributed by atoms with E-state index in [0.29, 0.717) is 0 Å². The highest BCUT2D eigenvalue weighted by Gasteiger charge is 2.18. The second kappa shape index (κ2) is 4.08. The molecule has 0 aliphatic heterocycles. The fourth-order valence-corrected chi connectivity index (χ4v) is 1.94. The van der Waals surface area contributed by atoms with E-state index in [2.05, 4.69) is 55.4 Å². The SMILES string of the molecule is CCn1nc(CC(C)(C)C)c(I)c1N. The van der Waals surface area contributed by atoms with E-state index in [4.69, 9.17) is 5.73 Å². The minimum absolute atomic E-state index is 0.263. The van der Waals surface area contributed by atoms with Gasteiger partial charge in [-0.3, -0.25) is 0 Å². The Morgan fingerprint density at radius 2 is 2.00 bits per heavy atom. The molecule has 2 N–H and O–H groups in total. The molecule has 14 heavy (non-hydrogen) atoms. The van der Waals surface area contributed by atoms with Gasteiger partial charge >= 0.3 is 0 Å². The molecule has 1 aromatic rings. The smallest absolute Gasteiger partial charge is 0.135 e. The first-order valence-electron chi connectivity index (χ1n) is 4.86. The summed E-state index contributed by atoms with van der Waals surface area (Å²) in [4.78, 5) is 0. The van der Waals surface area contributed by atoms with Gasteiger partial charge < -0.3 is 5.73 Å². The van der Waals surface area contributed by atoms with Crippen LogP contribution in [0, 0.1) is 8.99 Å². The van der Waals surface area contributed by atoms with Gasteiger partial charge in [-0.25, -0.2) is 4.68 Å². The van der Waals surface area contributed by atoms with Gasteiger partial charge in [0.25, 0.3) is 0 Å². The summed E-state index contributed by atoms with van der Waals surface area (Å²) in [6, 6.07) is 0. The lowest BCUT2D eigenvalue weighted by Gasteiger charge is -2.16. The van der Waals surface area contributed by atoms with Gasteiger partial charge in [0.05, 0.1) is 9.26 Å². The summed E-state index contributed by atoms with van der Waals surface area (Å²) in [5, 5.41) is 4.50. The monoisotopic (exact) mass is 307 g/mol. The van der Waals surface area contributed by atoms with Crippen LogP contribution >= 0.6 is 22.6 Å². The molecule has 0 aromatic carbocycles. The van der Waals surface area contributed by atoms with Crippen molar-refractivity contribution in [3.8, 4) is 0 Å². The molecule has 0 aliphatic rings. The summed E-state index contributed by atoms with van der Waals surface area (Å²) in [7, 11) is 0. The molecule has 1 heterocycles. The molecule has 1 rings (SSSR count). The predicted molar refractivity (Wildman–Crippen MR) is 68.2 cm³/mol. The Morgan fingerprint density at radius 3 is 2.36 bits per heavy atom. The zero-order valence-electron chi connectivity index (χ0n) is 9.26. The number of aromatic nitrogens is 2. The average Bonchev–Trinajstić information content (AvgIpc) is 2.30. The maximum Gasteiger partial charge on any atom is 0.135 e. The number of rotatable bonds is 2. The van der Waals surface area contributed by atoms with E-state index in [1.807, 2.05) is 4.68 Å². The van der Waals surface area contributed by atoms with Crippen LogP contribution in [0.5, 0.6) is 0 Å². The minimum atomic E-state index is 0.263. The van der Waals surface area contributed by atoms with Gasteiger partial charge in [-0.1, -0.05) is 20.8 Å². The van der Waals surface area contributed by atoms with E-state index < -0.39 is 0 Å². The first-order chi connectivity index (χ1) is 6.35. The fraction of sp³-hybridized carbons (Fsp3) is 0.700.